The number of fused-ring (bicyclic) bond motifs is 1. The molecule has 4 aromatic rings. The Labute approximate surface area is 185 Å². The number of piperazine rings is 1. The van der Waals surface area contributed by atoms with Gasteiger partial charge in [0.1, 0.15) is 11.6 Å². The van der Waals surface area contributed by atoms with Crippen molar-refractivity contribution in [1.29, 1.82) is 0 Å². The van der Waals surface area contributed by atoms with Crippen LogP contribution >= 0.6 is 0 Å². The molecule has 1 amide bonds. The van der Waals surface area contributed by atoms with E-state index in [2.05, 4.69) is 38.4 Å². The van der Waals surface area contributed by atoms with Gasteiger partial charge in [0, 0.05) is 37.9 Å². The Hall–Kier alpha value is -4.20. The van der Waals surface area contributed by atoms with E-state index in [0.29, 0.717) is 18.9 Å². The number of carbonyl (C=O) groups excluding carboxylic acids is 1. The molecule has 5 rings (SSSR count). The van der Waals surface area contributed by atoms with Crippen LogP contribution in [-0.2, 0) is 4.79 Å². The minimum atomic E-state index is 0.114. The molecule has 1 saturated heterocycles. The van der Waals surface area contributed by atoms with E-state index in [1.54, 1.807) is 11.1 Å². The SMILES string of the molecule is CN1CCN(c2ccc(C=Cc3n[nH]c4cc(-c5ccnc(N)c5)ccc34)cn2)CC1=O. The number of carbonyl (C=O) groups is 1. The monoisotopic (exact) mass is 425 g/mol. The van der Waals surface area contributed by atoms with Gasteiger partial charge in [-0.05, 0) is 59.2 Å². The first-order chi connectivity index (χ1) is 15.6. The Morgan fingerprint density at radius 1 is 1.03 bits per heavy atom. The predicted molar refractivity (Wildman–Crippen MR) is 127 cm³/mol. The van der Waals surface area contributed by atoms with Gasteiger partial charge in [-0.3, -0.25) is 9.89 Å². The third kappa shape index (κ3) is 3.90. The second-order valence-corrected chi connectivity index (χ2v) is 7.86. The first-order valence-electron chi connectivity index (χ1n) is 10.4. The van der Waals surface area contributed by atoms with Gasteiger partial charge < -0.3 is 15.5 Å². The van der Waals surface area contributed by atoms with Crippen LogP contribution in [0, 0.1) is 0 Å². The predicted octanol–water partition coefficient (Wildman–Crippen LogP) is 3.05. The number of hydrogen-bond acceptors (Lipinski definition) is 6. The van der Waals surface area contributed by atoms with Crippen LogP contribution in [0.5, 0.6) is 0 Å². The molecule has 0 aliphatic carbocycles. The number of aromatic amines is 1. The van der Waals surface area contributed by atoms with Crippen molar-refractivity contribution in [1.82, 2.24) is 25.1 Å². The molecule has 4 heterocycles. The molecule has 1 fully saturated rings. The average molecular weight is 425 g/mol. The van der Waals surface area contributed by atoms with E-state index in [9.17, 15) is 4.79 Å². The first-order valence-corrected chi connectivity index (χ1v) is 10.4. The zero-order valence-electron chi connectivity index (χ0n) is 17.7. The van der Waals surface area contributed by atoms with Crippen molar-refractivity contribution in [2.24, 2.45) is 0 Å². The molecule has 1 aliphatic rings. The van der Waals surface area contributed by atoms with Gasteiger partial charge in [0.15, 0.2) is 0 Å². The molecule has 0 bridgehead atoms. The summed E-state index contributed by atoms with van der Waals surface area (Å²) in [7, 11) is 1.83. The van der Waals surface area contributed by atoms with Crippen molar-refractivity contribution in [3.8, 4) is 11.1 Å². The summed E-state index contributed by atoms with van der Waals surface area (Å²) in [4.78, 5) is 24.3. The Morgan fingerprint density at radius 3 is 2.69 bits per heavy atom. The largest absolute Gasteiger partial charge is 0.384 e. The number of nitrogens with two attached hydrogens (primary N) is 1. The number of rotatable bonds is 4. The van der Waals surface area contributed by atoms with Crippen LogP contribution in [0.3, 0.4) is 0 Å². The van der Waals surface area contributed by atoms with Crippen molar-refractivity contribution in [3.63, 3.8) is 0 Å². The standard InChI is InChI=1S/C24H23N7O/c1-30-10-11-31(15-24(30)32)23-7-3-16(14-27-23)2-6-20-19-5-4-17(12-21(19)29-28-20)18-8-9-26-22(25)13-18/h2-9,12-14H,10-11,15H2,1H3,(H2,25,26)(H,28,29). The minimum Gasteiger partial charge on any atom is -0.384 e. The van der Waals surface area contributed by atoms with Gasteiger partial charge >= 0.3 is 0 Å². The van der Waals surface area contributed by atoms with Gasteiger partial charge in [-0.25, -0.2) is 9.97 Å². The van der Waals surface area contributed by atoms with E-state index in [-0.39, 0.29) is 5.91 Å². The summed E-state index contributed by atoms with van der Waals surface area (Å²) in [6, 6.07) is 13.9. The number of nitrogens with zero attached hydrogens (tertiary/aromatic N) is 5. The molecule has 8 nitrogen and oxygen atoms in total. The summed E-state index contributed by atoms with van der Waals surface area (Å²) < 4.78 is 0. The molecule has 8 heteroatoms. The number of pyridine rings is 2. The van der Waals surface area contributed by atoms with E-state index < -0.39 is 0 Å². The fourth-order valence-corrected chi connectivity index (χ4v) is 3.79. The number of benzene rings is 1. The third-order valence-electron chi connectivity index (χ3n) is 5.69. The highest BCUT2D eigenvalue weighted by molar-refractivity contribution is 5.92. The van der Waals surface area contributed by atoms with Crippen molar-refractivity contribution in [3.05, 3.63) is 66.1 Å². The average Bonchev–Trinajstić information content (AvgIpc) is 3.22. The summed E-state index contributed by atoms with van der Waals surface area (Å²) in [5.74, 6) is 1.43. The molecular weight excluding hydrogens is 402 g/mol. The lowest BCUT2D eigenvalue weighted by Gasteiger charge is -2.32. The number of nitrogen functional groups attached to an aromatic ring is 1. The first kappa shape index (κ1) is 19.7. The topological polar surface area (TPSA) is 104 Å². The molecule has 1 aromatic carbocycles. The maximum Gasteiger partial charge on any atom is 0.241 e. The molecule has 32 heavy (non-hydrogen) atoms. The third-order valence-corrected chi connectivity index (χ3v) is 5.69. The Bertz CT molecular complexity index is 1310. The lowest BCUT2D eigenvalue weighted by molar-refractivity contribution is -0.129. The van der Waals surface area contributed by atoms with Crippen LogP contribution in [-0.4, -0.2) is 57.7 Å². The fourth-order valence-electron chi connectivity index (χ4n) is 3.79. The Kier molecular flexibility index (Phi) is 5.03. The van der Waals surface area contributed by atoms with Crippen molar-refractivity contribution in [2.75, 3.05) is 37.3 Å². The quantitative estimate of drug-likeness (QED) is 0.521. The van der Waals surface area contributed by atoms with Crippen LogP contribution in [0.25, 0.3) is 34.2 Å². The summed E-state index contributed by atoms with van der Waals surface area (Å²) in [5, 5.41) is 8.59. The molecule has 0 atom stereocenters. The van der Waals surface area contributed by atoms with Gasteiger partial charge in [-0.1, -0.05) is 12.1 Å². The summed E-state index contributed by atoms with van der Waals surface area (Å²) in [5.41, 5.74) is 10.6. The van der Waals surface area contributed by atoms with Crippen LogP contribution in [0.1, 0.15) is 11.3 Å². The Balaban J connectivity index is 1.33. The number of likely N-dealkylation sites (N-methyl/N-ethyl adjacent to an activating group) is 1. The molecule has 3 N–H and O–H groups in total. The van der Waals surface area contributed by atoms with E-state index >= 15 is 0 Å². The lowest BCUT2D eigenvalue weighted by atomic mass is 10.0. The summed E-state index contributed by atoms with van der Waals surface area (Å²) >= 11 is 0. The van der Waals surface area contributed by atoms with Gasteiger partial charge in [0.2, 0.25) is 5.91 Å². The normalized spacial score (nSPS) is 14.6. The molecule has 1 aliphatic heterocycles. The second kappa shape index (κ2) is 8.14. The minimum absolute atomic E-state index is 0.114. The van der Waals surface area contributed by atoms with E-state index in [4.69, 9.17) is 5.73 Å². The molecule has 0 unspecified atom stereocenters. The molecular formula is C24H23N7O. The van der Waals surface area contributed by atoms with Gasteiger partial charge in [0.05, 0.1) is 17.8 Å². The molecule has 0 spiro atoms. The number of aromatic nitrogens is 4. The highest BCUT2D eigenvalue weighted by atomic mass is 16.2. The van der Waals surface area contributed by atoms with Crippen molar-refractivity contribution < 1.29 is 4.79 Å². The van der Waals surface area contributed by atoms with Gasteiger partial charge in [0.25, 0.3) is 0 Å². The number of hydrogen-bond donors (Lipinski definition) is 2. The number of amides is 1. The van der Waals surface area contributed by atoms with Crippen LogP contribution in [0.2, 0.25) is 0 Å². The second-order valence-electron chi connectivity index (χ2n) is 7.86. The van der Waals surface area contributed by atoms with Gasteiger partial charge in [-0.15, -0.1) is 0 Å². The van der Waals surface area contributed by atoms with Crippen LogP contribution in [0.4, 0.5) is 11.6 Å². The fraction of sp³-hybridized carbons (Fsp3) is 0.167. The van der Waals surface area contributed by atoms with Crippen molar-refractivity contribution >= 4 is 40.6 Å². The molecule has 160 valence electrons. The smallest absolute Gasteiger partial charge is 0.241 e. The molecule has 0 saturated carbocycles. The van der Waals surface area contributed by atoms with E-state index in [1.807, 2.05) is 54.6 Å². The van der Waals surface area contributed by atoms with Gasteiger partial charge in [-0.2, -0.15) is 5.10 Å². The van der Waals surface area contributed by atoms with Crippen molar-refractivity contribution in [2.45, 2.75) is 0 Å². The highest BCUT2D eigenvalue weighted by Crippen LogP contribution is 2.26. The van der Waals surface area contributed by atoms with E-state index in [1.165, 1.54) is 0 Å². The zero-order chi connectivity index (χ0) is 22.1. The number of anilines is 2. The lowest BCUT2D eigenvalue weighted by Crippen LogP contribution is -2.48. The number of H-pyrrole nitrogens is 1. The molecule has 3 aromatic heterocycles. The summed E-state index contributed by atoms with van der Waals surface area (Å²) in [6.07, 6.45) is 7.48. The van der Waals surface area contributed by atoms with E-state index in [0.717, 1.165) is 45.6 Å². The van der Waals surface area contributed by atoms with Crippen LogP contribution < -0.4 is 10.6 Å². The highest BCUT2D eigenvalue weighted by Gasteiger charge is 2.21. The number of nitrogens with one attached hydrogen (secondary N) is 1. The van der Waals surface area contributed by atoms with Crippen LogP contribution in [0.15, 0.2) is 54.9 Å². The summed E-state index contributed by atoms with van der Waals surface area (Å²) in [6.45, 7) is 1.87. The maximum absolute atomic E-state index is 11.9. The Morgan fingerprint density at radius 2 is 1.91 bits per heavy atom. The molecule has 0 radical (unpaired) electrons. The maximum atomic E-state index is 11.9. The zero-order valence-corrected chi connectivity index (χ0v) is 17.7.